The number of hydrogen-bond acceptors (Lipinski definition) is 2. The van der Waals surface area contributed by atoms with E-state index in [-0.39, 0.29) is 0 Å². The first-order valence-corrected chi connectivity index (χ1v) is 16.0. The van der Waals surface area contributed by atoms with Gasteiger partial charge in [-0.2, -0.15) is 0 Å². The first-order chi connectivity index (χ1) is 20.5. The first-order valence-electron chi connectivity index (χ1n) is 16.0. The first kappa shape index (κ1) is 28.2. The van der Waals surface area contributed by atoms with E-state index in [9.17, 15) is 0 Å². The molecule has 2 N–H and O–H groups in total. The molecule has 2 aliphatic rings. The summed E-state index contributed by atoms with van der Waals surface area (Å²) in [4.78, 5) is 18.2. The van der Waals surface area contributed by atoms with Gasteiger partial charge in [0.1, 0.15) is 0 Å². The number of H-pyrrole nitrogens is 2. The Labute approximate surface area is 250 Å². The molecule has 216 valence electrons. The summed E-state index contributed by atoms with van der Waals surface area (Å²) < 4.78 is 0. The zero-order chi connectivity index (χ0) is 29.4. The van der Waals surface area contributed by atoms with Crippen LogP contribution in [0.15, 0.2) is 48.5 Å². The fraction of sp³-hybridized carbons (Fsp3) is 0.368. The zero-order valence-electron chi connectivity index (χ0n) is 26.2. The largest absolute Gasteiger partial charge is 0.355 e. The van der Waals surface area contributed by atoms with E-state index < -0.39 is 0 Å². The smallest absolute Gasteiger partial charge is 0.0693 e. The molecule has 0 amide bonds. The van der Waals surface area contributed by atoms with Crippen molar-refractivity contribution in [3.8, 4) is 0 Å². The van der Waals surface area contributed by atoms with Crippen LogP contribution >= 0.6 is 0 Å². The molecule has 1 aromatic carbocycles. The van der Waals surface area contributed by atoms with Crippen molar-refractivity contribution in [3.63, 3.8) is 0 Å². The maximum Gasteiger partial charge on any atom is 0.0693 e. The van der Waals surface area contributed by atoms with Crippen LogP contribution in [0.4, 0.5) is 0 Å². The molecule has 5 heterocycles. The maximum atomic E-state index is 5.29. The second kappa shape index (κ2) is 11.8. The number of unbranched alkanes of at least 4 members (excludes halogenated alkanes) is 2. The Morgan fingerprint density at radius 3 is 1.36 bits per heavy atom. The molecule has 4 heteroatoms. The van der Waals surface area contributed by atoms with E-state index >= 15 is 0 Å². The summed E-state index contributed by atoms with van der Waals surface area (Å²) in [5, 5.41) is 2.43. The second-order valence-corrected chi connectivity index (χ2v) is 11.9. The fourth-order valence-corrected chi connectivity index (χ4v) is 6.80. The van der Waals surface area contributed by atoms with Crippen molar-refractivity contribution in [1.82, 2.24) is 19.9 Å². The molecule has 0 saturated heterocycles. The van der Waals surface area contributed by atoms with Crippen LogP contribution < -0.4 is 0 Å². The van der Waals surface area contributed by atoms with Crippen LogP contribution in [0, 0.1) is 0 Å². The Morgan fingerprint density at radius 1 is 0.548 bits per heavy atom. The summed E-state index contributed by atoms with van der Waals surface area (Å²) in [6.45, 7) is 13.6. The molecule has 8 bridgehead atoms. The molecular formula is C38H44N4. The lowest BCUT2D eigenvalue weighted by atomic mass is 9.99. The molecule has 0 saturated carbocycles. The minimum absolute atomic E-state index is 0.981. The van der Waals surface area contributed by atoms with Gasteiger partial charge in [-0.25, -0.2) is 9.97 Å². The highest BCUT2D eigenvalue weighted by atomic mass is 14.8. The Bertz CT molecular complexity index is 1760. The van der Waals surface area contributed by atoms with Gasteiger partial charge < -0.3 is 9.97 Å². The van der Waals surface area contributed by atoms with E-state index in [2.05, 4.69) is 100 Å². The molecular weight excluding hydrogens is 512 g/mol. The van der Waals surface area contributed by atoms with E-state index in [0.29, 0.717) is 0 Å². The van der Waals surface area contributed by atoms with E-state index in [0.717, 1.165) is 72.3 Å². The number of aromatic nitrogens is 4. The number of hydrogen-bond donors (Lipinski definition) is 2. The molecule has 0 spiro atoms. The Balaban J connectivity index is 1.77. The monoisotopic (exact) mass is 556 g/mol. The van der Waals surface area contributed by atoms with Gasteiger partial charge in [-0.3, -0.25) is 0 Å². The normalized spacial score (nSPS) is 13.6. The lowest BCUT2D eigenvalue weighted by Gasteiger charge is -2.04. The second-order valence-electron chi connectivity index (χ2n) is 11.9. The standard InChI is InChI=1S/C38H44N4/c1-7-11-15-27-23(5)31-19-37-29-17-13-14-18-30(29)38(42-37)20-32-24(6)28(16-12-8-2)36(40-32)22-34-26(10-4)25(9-3)33(41-34)21-35(27)39-31/h13-14,17-22,41-42H,7-12,15-16H2,1-6H3. The van der Waals surface area contributed by atoms with E-state index in [1.807, 2.05) is 0 Å². The van der Waals surface area contributed by atoms with Gasteiger partial charge >= 0.3 is 0 Å². The third kappa shape index (κ3) is 4.91. The third-order valence-corrected chi connectivity index (χ3v) is 9.23. The van der Waals surface area contributed by atoms with Gasteiger partial charge in [-0.1, -0.05) is 64.8 Å². The number of aryl methyl sites for hydroxylation is 2. The van der Waals surface area contributed by atoms with Crippen LogP contribution in [-0.4, -0.2) is 19.9 Å². The molecule has 0 aliphatic carbocycles. The molecule has 0 radical (unpaired) electrons. The summed E-state index contributed by atoms with van der Waals surface area (Å²) in [6.07, 6.45) is 8.70. The van der Waals surface area contributed by atoms with Gasteiger partial charge in [0.25, 0.3) is 0 Å². The van der Waals surface area contributed by atoms with Crippen molar-refractivity contribution < 1.29 is 0 Å². The quantitative estimate of drug-likeness (QED) is 0.227. The lowest BCUT2D eigenvalue weighted by Crippen LogP contribution is -1.88. The SMILES string of the molecule is CCCCC1=C(C)c2cc3[nH]c(cc4nc(cc5[nH]c(cc1n2)c(CC)c5CC)C(CCCC)=C4C)c1ccccc31. The van der Waals surface area contributed by atoms with Gasteiger partial charge in [0.2, 0.25) is 0 Å². The third-order valence-electron chi connectivity index (χ3n) is 9.23. The van der Waals surface area contributed by atoms with Gasteiger partial charge in [-0.05, 0) is 110 Å². The van der Waals surface area contributed by atoms with Crippen LogP contribution in [0.1, 0.15) is 114 Å². The summed E-state index contributed by atoms with van der Waals surface area (Å²) in [7, 11) is 0. The summed E-state index contributed by atoms with van der Waals surface area (Å²) in [5.74, 6) is 0. The zero-order valence-corrected chi connectivity index (χ0v) is 26.2. The van der Waals surface area contributed by atoms with Crippen molar-refractivity contribution in [2.75, 3.05) is 0 Å². The average molecular weight is 557 g/mol. The van der Waals surface area contributed by atoms with Crippen LogP contribution in [-0.2, 0) is 12.8 Å². The summed E-state index contributed by atoms with van der Waals surface area (Å²) in [5.41, 5.74) is 17.0. The Kier molecular flexibility index (Phi) is 7.90. The van der Waals surface area contributed by atoms with Crippen molar-refractivity contribution >= 4 is 55.1 Å². The van der Waals surface area contributed by atoms with Crippen molar-refractivity contribution in [2.24, 2.45) is 0 Å². The van der Waals surface area contributed by atoms with Gasteiger partial charge in [0.15, 0.2) is 0 Å². The maximum absolute atomic E-state index is 5.29. The van der Waals surface area contributed by atoms with Crippen LogP contribution in [0.5, 0.6) is 0 Å². The topological polar surface area (TPSA) is 57.4 Å². The predicted octanol–water partition coefficient (Wildman–Crippen LogP) is 10.8. The highest BCUT2D eigenvalue weighted by Gasteiger charge is 2.20. The fourth-order valence-electron chi connectivity index (χ4n) is 6.80. The molecule has 0 unspecified atom stereocenters. The van der Waals surface area contributed by atoms with Gasteiger partial charge in [0.05, 0.1) is 22.8 Å². The minimum atomic E-state index is 0.981. The highest BCUT2D eigenvalue weighted by Crippen LogP contribution is 2.38. The van der Waals surface area contributed by atoms with E-state index in [1.54, 1.807) is 0 Å². The van der Waals surface area contributed by atoms with Crippen molar-refractivity contribution in [2.45, 2.75) is 92.9 Å². The number of benzene rings is 1. The van der Waals surface area contributed by atoms with Crippen LogP contribution in [0.2, 0.25) is 0 Å². The molecule has 2 aliphatic heterocycles. The van der Waals surface area contributed by atoms with Crippen LogP contribution in [0.25, 0.3) is 55.1 Å². The molecule has 4 nitrogen and oxygen atoms in total. The molecule has 6 rings (SSSR count). The van der Waals surface area contributed by atoms with Crippen LogP contribution in [0.3, 0.4) is 0 Å². The Hall–Kier alpha value is -3.92. The predicted molar refractivity (Wildman–Crippen MR) is 181 cm³/mol. The minimum Gasteiger partial charge on any atom is -0.355 e. The van der Waals surface area contributed by atoms with E-state index in [4.69, 9.17) is 9.97 Å². The number of fused-ring (bicyclic) bond motifs is 11. The molecule has 42 heavy (non-hydrogen) atoms. The summed E-state index contributed by atoms with van der Waals surface area (Å²) in [6, 6.07) is 17.8. The van der Waals surface area contributed by atoms with Gasteiger partial charge in [-0.15, -0.1) is 0 Å². The van der Waals surface area contributed by atoms with E-state index in [1.165, 1.54) is 68.1 Å². The number of aromatic amines is 2. The van der Waals surface area contributed by atoms with Crippen molar-refractivity contribution in [1.29, 1.82) is 0 Å². The number of nitrogens with zero attached hydrogens (tertiary/aromatic N) is 2. The Morgan fingerprint density at radius 2 is 0.952 bits per heavy atom. The van der Waals surface area contributed by atoms with Crippen molar-refractivity contribution in [3.05, 3.63) is 82.4 Å². The highest BCUT2D eigenvalue weighted by molar-refractivity contribution is 6.08. The molecule has 0 atom stereocenters. The average Bonchev–Trinajstić information content (AvgIpc) is 3.69. The molecule has 0 fully saturated rings. The number of allylic oxidation sites excluding steroid dienone is 4. The number of rotatable bonds is 8. The summed E-state index contributed by atoms with van der Waals surface area (Å²) >= 11 is 0. The number of nitrogens with one attached hydrogen (secondary N) is 2. The molecule has 3 aromatic heterocycles. The lowest BCUT2D eigenvalue weighted by molar-refractivity contribution is 0.824. The van der Waals surface area contributed by atoms with Gasteiger partial charge in [0, 0.05) is 32.8 Å². The molecule has 4 aromatic rings.